The highest BCUT2D eigenvalue weighted by Gasteiger charge is 2.42. The zero-order valence-corrected chi connectivity index (χ0v) is 11.2. The SMILES string of the molecule is COC1(Cc2ccc(C3CCNCC3)cc2)CC1. The molecule has 0 aromatic heterocycles. The summed E-state index contributed by atoms with van der Waals surface area (Å²) in [4.78, 5) is 0. The maximum Gasteiger partial charge on any atom is 0.0721 e. The second-order valence-electron chi connectivity index (χ2n) is 5.83. The average Bonchev–Trinajstić information content (AvgIpc) is 3.21. The van der Waals surface area contributed by atoms with Gasteiger partial charge in [0.1, 0.15) is 0 Å². The van der Waals surface area contributed by atoms with E-state index in [9.17, 15) is 0 Å². The topological polar surface area (TPSA) is 21.3 Å². The Hall–Kier alpha value is -0.860. The Balaban J connectivity index is 1.65. The highest BCUT2D eigenvalue weighted by atomic mass is 16.5. The highest BCUT2D eigenvalue weighted by Crippen LogP contribution is 2.41. The Labute approximate surface area is 110 Å². The molecule has 2 fully saturated rings. The molecule has 1 N–H and O–H groups in total. The second-order valence-corrected chi connectivity index (χ2v) is 5.83. The van der Waals surface area contributed by atoms with Crippen LogP contribution in [0.5, 0.6) is 0 Å². The van der Waals surface area contributed by atoms with Gasteiger partial charge in [-0.2, -0.15) is 0 Å². The van der Waals surface area contributed by atoms with E-state index >= 15 is 0 Å². The van der Waals surface area contributed by atoms with Gasteiger partial charge in [0.2, 0.25) is 0 Å². The zero-order chi connectivity index (χ0) is 12.4. The molecule has 3 rings (SSSR count). The number of rotatable bonds is 4. The quantitative estimate of drug-likeness (QED) is 0.880. The molecule has 0 bridgehead atoms. The third kappa shape index (κ3) is 2.60. The standard InChI is InChI=1S/C16H23NO/c1-18-16(8-9-16)12-13-2-4-14(5-3-13)15-6-10-17-11-7-15/h2-5,15,17H,6-12H2,1H3. The number of hydrogen-bond donors (Lipinski definition) is 1. The normalized spacial score (nSPS) is 22.9. The van der Waals surface area contributed by atoms with Crippen molar-refractivity contribution in [3.8, 4) is 0 Å². The summed E-state index contributed by atoms with van der Waals surface area (Å²) in [7, 11) is 1.84. The molecule has 0 spiro atoms. The number of methoxy groups -OCH3 is 1. The van der Waals surface area contributed by atoms with Gasteiger partial charge in [-0.1, -0.05) is 24.3 Å². The van der Waals surface area contributed by atoms with Crippen LogP contribution in [0.15, 0.2) is 24.3 Å². The van der Waals surface area contributed by atoms with Crippen molar-refractivity contribution in [3.63, 3.8) is 0 Å². The van der Waals surface area contributed by atoms with Crippen molar-refractivity contribution in [3.05, 3.63) is 35.4 Å². The summed E-state index contributed by atoms with van der Waals surface area (Å²) in [6.07, 6.45) is 6.08. The molecule has 1 aliphatic heterocycles. The lowest BCUT2D eigenvalue weighted by molar-refractivity contribution is 0.0807. The van der Waals surface area contributed by atoms with Crippen LogP contribution in [0.1, 0.15) is 42.7 Å². The highest BCUT2D eigenvalue weighted by molar-refractivity contribution is 5.27. The van der Waals surface area contributed by atoms with Crippen molar-refractivity contribution < 1.29 is 4.74 Å². The van der Waals surface area contributed by atoms with Crippen LogP contribution >= 0.6 is 0 Å². The number of nitrogens with one attached hydrogen (secondary N) is 1. The third-order valence-corrected chi connectivity index (χ3v) is 4.56. The van der Waals surface area contributed by atoms with Crippen LogP contribution < -0.4 is 5.32 Å². The lowest BCUT2D eigenvalue weighted by Gasteiger charge is -2.23. The Morgan fingerprint density at radius 3 is 2.39 bits per heavy atom. The Morgan fingerprint density at radius 1 is 1.17 bits per heavy atom. The van der Waals surface area contributed by atoms with Crippen molar-refractivity contribution in [2.75, 3.05) is 20.2 Å². The smallest absolute Gasteiger partial charge is 0.0721 e. The molecule has 1 aromatic carbocycles. The van der Waals surface area contributed by atoms with Crippen molar-refractivity contribution in [1.29, 1.82) is 0 Å². The molecule has 1 saturated carbocycles. The van der Waals surface area contributed by atoms with Crippen LogP contribution in [-0.2, 0) is 11.2 Å². The van der Waals surface area contributed by atoms with E-state index in [0.717, 1.165) is 12.3 Å². The zero-order valence-electron chi connectivity index (χ0n) is 11.2. The maximum absolute atomic E-state index is 5.59. The minimum absolute atomic E-state index is 0.177. The van der Waals surface area contributed by atoms with Crippen LogP contribution in [0, 0.1) is 0 Å². The lowest BCUT2D eigenvalue weighted by atomic mass is 9.89. The number of hydrogen-bond acceptors (Lipinski definition) is 2. The predicted molar refractivity (Wildman–Crippen MR) is 74.0 cm³/mol. The lowest BCUT2D eigenvalue weighted by Crippen LogP contribution is -2.26. The summed E-state index contributed by atoms with van der Waals surface area (Å²) >= 11 is 0. The average molecular weight is 245 g/mol. The molecule has 1 aromatic rings. The van der Waals surface area contributed by atoms with Gasteiger partial charge in [0.25, 0.3) is 0 Å². The Kier molecular flexibility index (Phi) is 3.40. The first kappa shape index (κ1) is 12.2. The van der Waals surface area contributed by atoms with Crippen LogP contribution in [0.25, 0.3) is 0 Å². The summed E-state index contributed by atoms with van der Waals surface area (Å²) in [5.41, 5.74) is 3.12. The van der Waals surface area contributed by atoms with Crippen molar-refractivity contribution in [2.45, 2.75) is 43.6 Å². The van der Waals surface area contributed by atoms with Crippen LogP contribution in [0.2, 0.25) is 0 Å². The van der Waals surface area contributed by atoms with Gasteiger partial charge in [-0.15, -0.1) is 0 Å². The summed E-state index contributed by atoms with van der Waals surface area (Å²) in [6.45, 7) is 2.33. The molecule has 0 amide bonds. The summed E-state index contributed by atoms with van der Waals surface area (Å²) in [5, 5.41) is 3.43. The van der Waals surface area contributed by atoms with E-state index in [4.69, 9.17) is 4.74 Å². The minimum atomic E-state index is 0.177. The van der Waals surface area contributed by atoms with Crippen molar-refractivity contribution in [1.82, 2.24) is 5.32 Å². The van der Waals surface area contributed by atoms with Gasteiger partial charge in [-0.3, -0.25) is 0 Å². The van der Waals surface area contributed by atoms with E-state index in [1.165, 1.54) is 49.9 Å². The first-order valence-corrected chi connectivity index (χ1v) is 7.16. The number of piperidine rings is 1. The Morgan fingerprint density at radius 2 is 1.83 bits per heavy atom. The first-order valence-electron chi connectivity index (χ1n) is 7.16. The molecular weight excluding hydrogens is 222 g/mol. The largest absolute Gasteiger partial charge is 0.378 e. The summed E-state index contributed by atoms with van der Waals surface area (Å²) in [5.74, 6) is 0.762. The third-order valence-electron chi connectivity index (χ3n) is 4.56. The summed E-state index contributed by atoms with van der Waals surface area (Å²) < 4.78 is 5.59. The van der Waals surface area contributed by atoms with Crippen LogP contribution in [-0.4, -0.2) is 25.8 Å². The molecule has 2 heteroatoms. The molecule has 2 aliphatic rings. The van der Waals surface area contributed by atoms with Gasteiger partial charge in [-0.05, 0) is 55.8 Å². The van der Waals surface area contributed by atoms with Crippen LogP contribution in [0.3, 0.4) is 0 Å². The predicted octanol–water partition coefficient (Wildman–Crippen LogP) is 2.88. The molecule has 0 atom stereocenters. The molecule has 0 radical (unpaired) electrons. The van der Waals surface area contributed by atoms with Gasteiger partial charge in [0.15, 0.2) is 0 Å². The molecule has 1 saturated heterocycles. The van der Waals surface area contributed by atoms with Gasteiger partial charge in [-0.25, -0.2) is 0 Å². The van der Waals surface area contributed by atoms with E-state index < -0.39 is 0 Å². The molecule has 0 unspecified atom stereocenters. The van der Waals surface area contributed by atoms with Crippen molar-refractivity contribution >= 4 is 0 Å². The second kappa shape index (κ2) is 5.02. The molecular formula is C16H23NO. The fourth-order valence-electron chi connectivity index (χ4n) is 3.03. The molecule has 18 heavy (non-hydrogen) atoms. The van der Waals surface area contributed by atoms with Gasteiger partial charge < -0.3 is 10.1 Å². The van der Waals surface area contributed by atoms with Gasteiger partial charge in [0, 0.05) is 13.5 Å². The molecule has 98 valence electrons. The van der Waals surface area contributed by atoms with E-state index in [-0.39, 0.29) is 5.60 Å². The van der Waals surface area contributed by atoms with Gasteiger partial charge >= 0.3 is 0 Å². The molecule has 2 nitrogen and oxygen atoms in total. The van der Waals surface area contributed by atoms with Crippen molar-refractivity contribution in [2.24, 2.45) is 0 Å². The monoisotopic (exact) mass is 245 g/mol. The Bertz CT molecular complexity index is 388. The van der Waals surface area contributed by atoms with Gasteiger partial charge in [0.05, 0.1) is 5.60 Å². The van der Waals surface area contributed by atoms with E-state index in [1.807, 2.05) is 7.11 Å². The minimum Gasteiger partial charge on any atom is -0.378 e. The maximum atomic E-state index is 5.59. The molecule has 1 heterocycles. The molecule has 1 aliphatic carbocycles. The van der Waals surface area contributed by atoms with E-state index in [0.29, 0.717) is 0 Å². The fourth-order valence-corrected chi connectivity index (χ4v) is 3.03. The summed E-state index contributed by atoms with van der Waals surface area (Å²) in [6, 6.07) is 9.26. The van der Waals surface area contributed by atoms with E-state index in [2.05, 4.69) is 29.6 Å². The fraction of sp³-hybridized carbons (Fsp3) is 0.625. The number of ether oxygens (including phenoxy) is 1. The first-order chi connectivity index (χ1) is 8.81. The van der Waals surface area contributed by atoms with E-state index in [1.54, 1.807) is 0 Å². The van der Waals surface area contributed by atoms with Crippen LogP contribution in [0.4, 0.5) is 0 Å². The number of benzene rings is 1.